The van der Waals surface area contributed by atoms with Crippen molar-refractivity contribution in [1.29, 1.82) is 0 Å². The summed E-state index contributed by atoms with van der Waals surface area (Å²) in [6.45, 7) is 4.04. The van der Waals surface area contributed by atoms with Gasteiger partial charge in [0.2, 0.25) is 0 Å². The number of aliphatic imine (C=N–C) groups is 1. The predicted molar refractivity (Wildman–Crippen MR) is 91.0 cm³/mol. The molecule has 1 aromatic carbocycles. The fraction of sp³-hybridized carbons (Fsp3) is 0.429. The number of hydrogen-bond donors (Lipinski definition) is 2. The second kappa shape index (κ2) is 5.61. The lowest BCUT2D eigenvalue weighted by atomic mass is 10.1. The van der Waals surface area contributed by atoms with Crippen LogP contribution in [-0.4, -0.2) is 34.9 Å². The summed E-state index contributed by atoms with van der Waals surface area (Å²) in [5.41, 5.74) is 1.91. The van der Waals surface area contributed by atoms with Gasteiger partial charge in [-0.05, 0) is 37.6 Å². The van der Waals surface area contributed by atoms with Crippen molar-refractivity contribution in [2.45, 2.75) is 25.1 Å². The maximum atomic E-state index is 9.64. The fourth-order valence-corrected chi connectivity index (χ4v) is 3.13. The zero-order valence-corrected chi connectivity index (χ0v) is 13.7. The molecule has 0 aliphatic carbocycles. The van der Waals surface area contributed by atoms with Gasteiger partial charge < -0.3 is 15.3 Å². The summed E-state index contributed by atoms with van der Waals surface area (Å²) in [6.07, 6.45) is 0. The number of anilines is 1. The number of amidine groups is 1. The number of benzene rings is 1. The molecule has 1 aliphatic heterocycles. The van der Waals surface area contributed by atoms with Crippen LogP contribution < -0.4 is 10.2 Å². The number of hydrogen-bond acceptors (Lipinski definition) is 5. The summed E-state index contributed by atoms with van der Waals surface area (Å²) < 4.78 is 0. The van der Waals surface area contributed by atoms with Crippen molar-refractivity contribution in [3.8, 4) is 5.75 Å². The molecular formula is C14H19N3OS2. The van der Waals surface area contributed by atoms with Crippen molar-refractivity contribution in [2.24, 2.45) is 4.99 Å². The fourth-order valence-electron chi connectivity index (χ4n) is 1.92. The number of rotatable bonds is 3. The molecule has 0 aromatic heterocycles. The Morgan fingerprint density at radius 1 is 1.40 bits per heavy atom. The molecule has 0 saturated carbocycles. The maximum Gasteiger partial charge on any atom is 0.163 e. The molecule has 0 fully saturated rings. The van der Waals surface area contributed by atoms with E-state index in [9.17, 15) is 5.11 Å². The molecule has 0 spiro atoms. The predicted octanol–water partition coefficient (Wildman–Crippen LogP) is 2.76. The van der Waals surface area contributed by atoms with Crippen LogP contribution in [0, 0.1) is 0 Å². The van der Waals surface area contributed by atoms with Crippen LogP contribution in [0.2, 0.25) is 0 Å². The van der Waals surface area contributed by atoms with Gasteiger partial charge in [-0.25, -0.2) is 4.99 Å². The van der Waals surface area contributed by atoms with Crippen molar-refractivity contribution >= 4 is 39.8 Å². The number of thiocarbonyl (C=S) groups is 1. The zero-order chi connectivity index (χ0) is 14.9. The number of thioether (sulfide) groups is 1. The van der Waals surface area contributed by atoms with Gasteiger partial charge in [-0.15, -0.1) is 0 Å². The molecule has 108 valence electrons. The van der Waals surface area contributed by atoms with Gasteiger partial charge in [0.15, 0.2) is 5.17 Å². The average Bonchev–Trinajstić information content (AvgIpc) is 2.60. The second-order valence-corrected chi connectivity index (χ2v) is 6.82. The van der Waals surface area contributed by atoms with E-state index in [-0.39, 0.29) is 11.3 Å². The van der Waals surface area contributed by atoms with Crippen molar-refractivity contribution in [3.63, 3.8) is 0 Å². The lowest BCUT2D eigenvalue weighted by molar-refractivity contribution is 0.475. The molecule has 1 aliphatic rings. The topological polar surface area (TPSA) is 47.9 Å². The Bertz CT molecular complexity index is 568. The maximum absolute atomic E-state index is 9.64. The number of nitrogens with zero attached hydrogens (tertiary/aromatic N) is 2. The number of phenolic OH excluding ortho intramolecular Hbond substituents is 1. The van der Waals surface area contributed by atoms with Gasteiger partial charge in [0.1, 0.15) is 10.7 Å². The minimum atomic E-state index is -0.249. The average molecular weight is 309 g/mol. The quantitative estimate of drug-likeness (QED) is 0.841. The highest BCUT2D eigenvalue weighted by Gasteiger charge is 2.30. The molecule has 0 unspecified atom stereocenters. The van der Waals surface area contributed by atoms with Gasteiger partial charge in [0, 0.05) is 25.5 Å². The first-order valence-electron chi connectivity index (χ1n) is 6.33. The molecule has 2 rings (SSSR count). The van der Waals surface area contributed by atoms with E-state index in [4.69, 9.17) is 12.2 Å². The minimum absolute atomic E-state index is 0.249. The standard InChI is InChI=1S/C14H19N3OS2/c1-14(2)12(19)15-13(16-14)20-8-9-7-10(18)5-6-11(9)17(3)4/h5-7,18H,8H2,1-4H3,(H,15,16,19). The molecule has 0 atom stereocenters. The third-order valence-corrected chi connectivity index (χ3v) is 4.59. The van der Waals surface area contributed by atoms with Gasteiger partial charge in [-0.3, -0.25) is 0 Å². The highest BCUT2D eigenvalue weighted by atomic mass is 32.2. The van der Waals surface area contributed by atoms with Crippen LogP contribution in [0.1, 0.15) is 19.4 Å². The Labute approximate surface area is 129 Å². The van der Waals surface area contributed by atoms with E-state index in [0.717, 1.165) is 22.2 Å². The first kappa shape index (κ1) is 15.1. The van der Waals surface area contributed by atoms with Crippen LogP contribution in [0.4, 0.5) is 5.69 Å². The molecule has 0 saturated heterocycles. The van der Waals surface area contributed by atoms with E-state index >= 15 is 0 Å². The minimum Gasteiger partial charge on any atom is -0.508 e. The van der Waals surface area contributed by atoms with Gasteiger partial charge in [0.25, 0.3) is 0 Å². The Hall–Kier alpha value is -1.27. The van der Waals surface area contributed by atoms with Gasteiger partial charge in [-0.2, -0.15) is 0 Å². The van der Waals surface area contributed by atoms with Gasteiger partial charge in [0.05, 0.1) is 5.54 Å². The van der Waals surface area contributed by atoms with E-state index < -0.39 is 0 Å². The van der Waals surface area contributed by atoms with Crippen molar-refractivity contribution in [1.82, 2.24) is 5.32 Å². The third kappa shape index (κ3) is 3.24. The zero-order valence-electron chi connectivity index (χ0n) is 12.1. The molecule has 4 nitrogen and oxygen atoms in total. The number of aromatic hydroxyl groups is 1. The SMILES string of the molecule is CN(C)c1ccc(O)cc1CSC1=NC(=S)C(C)(C)N1. The van der Waals surface area contributed by atoms with Crippen molar-refractivity contribution in [3.05, 3.63) is 23.8 Å². The Morgan fingerprint density at radius 2 is 2.10 bits per heavy atom. The molecule has 1 aromatic rings. The van der Waals surface area contributed by atoms with E-state index in [0.29, 0.717) is 4.99 Å². The van der Waals surface area contributed by atoms with Crippen molar-refractivity contribution in [2.75, 3.05) is 19.0 Å². The largest absolute Gasteiger partial charge is 0.508 e. The van der Waals surface area contributed by atoms with Crippen LogP contribution in [0.15, 0.2) is 23.2 Å². The van der Waals surface area contributed by atoms with E-state index in [1.807, 2.05) is 38.9 Å². The first-order valence-corrected chi connectivity index (χ1v) is 7.72. The van der Waals surface area contributed by atoms with E-state index in [2.05, 4.69) is 10.3 Å². The summed E-state index contributed by atoms with van der Waals surface area (Å²) in [6, 6.07) is 5.41. The smallest absolute Gasteiger partial charge is 0.163 e. The van der Waals surface area contributed by atoms with Gasteiger partial charge in [-0.1, -0.05) is 24.0 Å². The molecule has 0 amide bonds. The second-order valence-electron chi connectivity index (χ2n) is 5.47. The van der Waals surface area contributed by atoms with E-state index in [1.165, 1.54) is 0 Å². The highest BCUT2D eigenvalue weighted by molar-refractivity contribution is 8.13. The first-order chi connectivity index (χ1) is 9.29. The Morgan fingerprint density at radius 3 is 2.65 bits per heavy atom. The van der Waals surface area contributed by atoms with Gasteiger partial charge >= 0.3 is 0 Å². The van der Waals surface area contributed by atoms with Crippen LogP contribution >= 0.6 is 24.0 Å². The summed E-state index contributed by atoms with van der Waals surface area (Å²) in [4.78, 5) is 7.10. The van der Waals surface area contributed by atoms with Crippen LogP contribution in [0.25, 0.3) is 0 Å². The highest BCUT2D eigenvalue weighted by Crippen LogP contribution is 2.29. The summed E-state index contributed by atoms with van der Waals surface area (Å²) in [7, 11) is 3.98. The summed E-state index contributed by atoms with van der Waals surface area (Å²) >= 11 is 6.84. The molecule has 0 bridgehead atoms. The molecule has 6 heteroatoms. The molecule has 20 heavy (non-hydrogen) atoms. The Balaban J connectivity index is 2.11. The molecular weight excluding hydrogens is 290 g/mol. The lowest BCUT2D eigenvalue weighted by Crippen LogP contribution is -2.40. The number of nitrogens with one attached hydrogen (secondary N) is 1. The lowest BCUT2D eigenvalue weighted by Gasteiger charge is -2.19. The molecule has 0 radical (unpaired) electrons. The Kier molecular flexibility index (Phi) is 4.25. The van der Waals surface area contributed by atoms with Crippen molar-refractivity contribution < 1.29 is 5.11 Å². The third-order valence-electron chi connectivity index (χ3n) is 3.07. The van der Waals surface area contributed by atoms with Crippen LogP contribution in [-0.2, 0) is 5.75 Å². The number of phenols is 1. The molecule has 1 heterocycles. The van der Waals surface area contributed by atoms with Crippen LogP contribution in [0.5, 0.6) is 5.75 Å². The summed E-state index contributed by atoms with van der Waals surface area (Å²) in [5, 5.41) is 13.8. The monoisotopic (exact) mass is 309 g/mol. The van der Waals surface area contributed by atoms with Crippen LogP contribution in [0.3, 0.4) is 0 Å². The summed E-state index contributed by atoms with van der Waals surface area (Å²) in [5.74, 6) is 1.01. The normalized spacial score (nSPS) is 16.8. The van der Waals surface area contributed by atoms with E-state index in [1.54, 1.807) is 23.9 Å². The molecule has 2 N–H and O–H groups in total.